The zero-order chi connectivity index (χ0) is 21.3. The number of rotatable bonds is 5. The third-order valence-electron chi connectivity index (χ3n) is 6.21. The van der Waals surface area contributed by atoms with E-state index in [9.17, 15) is 14.4 Å². The van der Waals surface area contributed by atoms with Gasteiger partial charge in [0.25, 0.3) is 11.8 Å². The molecule has 2 aliphatic rings. The van der Waals surface area contributed by atoms with Crippen LogP contribution in [0.5, 0.6) is 0 Å². The summed E-state index contributed by atoms with van der Waals surface area (Å²) >= 11 is 0. The Hall–Kier alpha value is -3.16. The molecule has 0 bridgehead atoms. The lowest BCUT2D eigenvalue weighted by Gasteiger charge is -2.41. The second-order valence-corrected chi connectivity index (χ2v) is 8.33. The first-order valence-electron chi connectivity index (χ1n) is 10.4. The quantitative estimate of drug-likeness (QED) is 0.786. The van der Waals surface area contributed by atoms with E-state index in [2.05, 4.69) is 15.7 Å². The van der Waals surface area contributed by atoms with Crippen molar-refractivity contribution in [3.63, 3.8) is 0 Å². The fourth-order valence-electron chi connectivity index (χ4n) is 4.12. The number of amides is 3. The highest BCUT2D eigenvalue weighted by atomic mass is 16.2. The first-order chi connectivity index (χ1) is 14.4. The molecule has 158 valence electrons. The lowest BCUT2D eigenvalue weighted by molar-refractivity contribution is -0.133. The number of nitrogens with zero attached hydrogens (tertiary/aromatic N) is 3. The van der Waals surface area contributed by atoms with Crippen LogP contribution in [-0.2, 0) is 17.9 Å². The van der Waals surface area contributed by atoms with Gasteiger partial charge in [0.15, 0.2) is 5.69 Å². The summed E-state index contributed by atoms with van der Waals surface area (Å²) in [4.78, 5) is 40.0. The van der Waals surface area contributed by atoms with E-state index in [-0.39, 0.29) is 36.0 Å². The minimum absolute atomic E-state index is 0.163. The van der Waals surface area contributed by atoms with Crippen molar-refractivity contribution in [3.05, 3.63) is 53.3 Å². The monoisotopic (exact) mass is 409 g/mol. The molecular formula is C22H27N5O3. The van der Waals surface area contributed by atoms with E-state index in [0.29, 0.717) is 12.2 Å². The van der Waals surface area contributed by atoms with E-state index in [1.165, 1.54) is 15.6 Å². The van der Waals surface area contributed by atoms with Crippen LogP contribution in [0.1, 0.15) is 59.1 Å². The fraction of sp³-hybridized carbons (Fsp3) is 0.455. The molecule has 2 N–H and O–H groups in total. The summed E-state index contributed by atoms with van der Waals surface area (Å²) < 4.78 is 1.48. The van der Waals surface area contributed by atoms with Crippen LogP contribution < -0.4 is 10.6 Å². The Morgan fingerprint density at radius 2 is 1.90 bits per heavy atom. The maximum absolute atomic E-state index is 13.0. The van der Waals surface area contributed by atoms with Crippen molar-refractivity contribution < 1.29 is 14.4 Å². The first kappa shape index (κ1) is 20.1. The molecule has 2 aromatic rings. The number of carbonyl (C=O) groups excluding carboxylic acids is 3. The molecule has 0 saturated heterocycles. The summed E-state index contributed by atoms with van der Waals surface area (Å²) in [5.74, 6) is -0.852. The molecule has 1 aliphatic heterocycles. The number of carbonyl (C=O) groups is 3. The number of hydrogen-bond acceptors (Lipinski definition) is 4. The van der Waals surface area contributed by atoms with Gasteiger partial charge in [0.1, 0.15) is 11.2 Å². The van der Waals surface area contributed by atoms with Gasteiger partial charge in [-0.1, -0.05) is 43.2 Å². The predicted molar refractivity (Wildman–Crippen MR) is 111 cm³/mol. The standard InChI is InChI=1S/C22H27N5O3/c1-22(21(30)24-16-10-6-7-11-16)14-27-18(20(29)26(22)2)12-17(25-27)19(28)23-13-15-8-4-3-5-9-15/h3-5,8-9,12,16H,6-7,10-11,13-14H2,1-2H3,(H,23,28)(H,24,30)/t22-/m1/s1. The number of nitrogens with one attached hydrogen (secondary N) is 2. The average Bonchev–Trinajstić information content (AvgIpc) is 3.41. The van der Waals surface area contributed by atoms with Gasteiger partial charge >= 0.3 is 0 Å². The van der Waals surface area contributed by atoms with Crippen LogP contribution in [-0.4, -0.2) is 51.0 Å². The normalized spacial score (nSPS) is 21.4. The van der Waals surface area contributed by atoms with Crippen molar-refractivity contribution in [1.29, 1.82) is 0 Å². The highest BCUT2D eigenvalue weighted by Crippen LogP contribution is 2.27. The van der Waals surface area contributed by atoms with Gasteiger partial charge in [0, 0.05) is 25.7 Å². The zero-order valence-electron chi connectivity index (χ0n) is 17.4. The molecule has 1 saturated carbocycles. The second-order valence-electron chi connectivity index (χ2n) is 8.33. The Kier molecular flexibility index (Phi) is 5.32. The molecule has 8 nitrogen and oxygen atoms in total. The minimum atomic E-state index is -1.06. The Bertz CT molecular complexity index is 964. The minimum Gasteiger partial charge on any atom is -0.351 e. The van der Waals surface area contributed by atoms with E-state index >= 15 is 0 Å². The van der Waals surface area contributed by atoms with E-state index < -0.39 is 5.54 Å². The van der Waals surface area contributed by atoms with Crippen LogP contribution in [0.4, 0.5) is 0 Å². The van der Waals surface area contributed by atoms with Crippen molar-refractivity contribution in [3.8, 4) is 0 Å². The molecule has 1 aromatic heterocycles. The van der Waals surface area contributed by atoms with E-state index in [4.69, 9.17) is 0 Å². The van der Waals surface area contributed by atoms with Crippen molar-refractivity contribution in [1.82, 2.24) is 25.3 Å². The molecule has 2 heterocycles. The number of aromatic nitrogens is 2. The maximum atomic E-state index is 13.0. The molecule has 1 fully saturated rings. The Labute approximate surface area is 175 Å². The number of hydrogen-bond donors (Lipinski definition) is 2. The molecule has 0 unspecified atom stereocenters. The first-order valence-corrected chi connectivity index (χ1v) is 10.4. The van der Waals surface area contributed by atoms with Crippen molar-refractivity contribution >= 4 is 17.7 Å². The molecule has 1 atom stereocenters. The highest BCUT2D eigenvalue weighted by molar-refractivity contribution is 6.01. The van der Waals surface area contributed by atoms with Crippen LogP contribution in [0.25, 0.3) is 0 Å². The molecule has 1 aliphatic carbocycles. The molecule has 3 amide bonds. The lowest BCUT2D eigenvalue weighted by atomic mass is 9.95. The van der Waals surface area contributed by atoms with Gasteiger partial charge in [-0.3, -0.25) is 19.1 Å². The van der Waals surface area contributed by atoms with Gasteiger partial charge in [-0.2, -0.15) is 5.10 Å². The Balaban J connectivity index is 1.50. The molecule has 0 radical (unpaired) electrons. The van der Waals surface area contributed by atoms with Crippen molar-refractivity contribution in [2.75, 3.05) is 7.05 Å². The van der Waals surface area contributed by atoms with Gasteiger partial charge in [0.05, 0.1) is 6.54 Å². The molecule has 8 heteroatoms. The van der Waals surface area contributed by atoms with Crippen molar-refractivity contribution in [2.24, 2.45) is 0 Å². The Morgan fingerprint density at radius 3 is 2.60 bits per heavy atom. The summed E-state index contributed by atoms with van der Waals surface area (Å²) in [5, 5.41) is 10.2. The average molecular weight is 409 g/mol. The summed E-state index contributed by atoms with van der Waals surface area (Å²) in [6.45, 7) is 2.32. The molecule has 1 aromatic carbocycles. The summed E-state index contributed by atoms with van der Waals surface area (Å²) in [6.07, 6.45) is 4.17. The fourth-order valence-corrected chi connectivity index (χ4v) is 4.12. The van der Waals surface area contributed by atoms with Gasteiger partial charge in [-0.05, 0) is 25.3 Å². The maximum Gasteiger partial charge on any atom is 0.272 e. The van der Waals surface area contributed by atoms with Crippen LogP contribution in [0.3, 0.4) is 0 Å². The van der Waals surface area contributed by atoms with Gasteiger partial charge in [-0.15, -0.1) is 0 Å². The summed E-state index contributed by atoms with van der Waals surface area (Å²) in [7, 11) is 1.63. The zero-order valence-corrected chi connectivity index (χ0v) is 17.4. The van der Waals surface area contributed by atoms with E-state index in [1.54, 1.807) is 14.0 Å². The molecular weight excluding hydrogens is 382 g/mol. The topological polar surface area (TPSA) is 96.3 Å². The van der Waals surface area contributed by atoms with Gasteiger partial charge in [-0.25, -0.2) is 0 Å². The predicted octanol–water partition coefficient (Wildman–Crippen LogP) is 1.72. The summed E-state index contributed by atoms with van der Waals surface area (Å²) in [6, 6.07) is 11.2. The SMILES string of the molecule is CN1C(=O)c2cc(C(=O)NCc3ccccc3)nn2C[C@]1(C)C(=O)NC1CCCC1. The number of fused-ring (bicyclic) bond motifs is 1. The largest absolute Gasteiger partial charge is 0.351 e. The van der Waals surface area contributed by atoms with Crippen molar-refractivity contribution in [2.45, 2.75) is 57.3 Å². The Morgan fingerprint density at radius 1 is 1.20 bits per heavy atom. The van der Waals surface area contributed by atoms with Crippen LogP contribution in [0, 0.1) is 0 Å². The second kappa shape index (κ2) is 7.93. The van der Waals surface area contributed by atoms with Crippen LogP contribution >= 0.6 is 0 Å². The van der Waals surface area contributed by atoms with E-state index in [0.717, 1.165) is 31.2 Å². The lowest BCUT2D eigenvalue weighted by Crippen LogP contribution is -2.63. The smallest absolute Gasteiger partial charge is 0.272 e. The third kappa shape index (κ3) is 3.69. The van der Waals surface area contributed by atoms with E-state index in [1.807, 2.05) is 30.3 Å². The summed E-state index contributed by atoms with van der Waals surface area (Å²) in [5.41, 5.74) is 0.398. The number of likely N-dealkylation sites (N-methyl/N-ethyl adjacent to an activating group) is 1. The third-order valence-corrected chi connectivity index (χ3v) is 6.21. The molecule has 30 heavy (non-hydrogen) atoms. The number of benzene rings is 1. The van der Waals surface area contributed by atoms with Crippen LogP contribution in [0.2, 0.25) is 0 Å². The van der Waals surface area contributed by atoms with Gasteiger partial charge < -0.3 is 15.5 Å². The molecule has 0 spiro atoms. The van der Waals surface area contributed by atoms with Gasteiger partial charge in [0.2, 0.25) is 5.91 Å². The molecule has 4 rings (SSSR count). The highest BCUT2D eigenvalue weighted by Gasteiger charge is 2.46. The van der Waals surface area contributed by atoms with Crippen LogP contribution in [0.15, 0.2) is 36.4 Å².